The Morgan fingerprint density at radius 3 is 2.56 bits per heavy atom. The van der Waals surface area contributed by atoms with Gasteiger partial charge in [-0.25, -0.2) is 4.79 Å². The lowest BCUT2D eigenvalue weighted by Crippen LogP contribution is -2.26. The van der Waals surface area contributed by atoms with Crippen molar-refractivity contribution in [2.75, 3.05) is 0 Å². The highest BCUT2D eigenvalue weighted by molar-refractivity contribution is 5.87. The van der Waals surface area contributed by atoms with Crippen LogP contribution in [0.4, 0.5) is 0 Å². The van der Waals surface area contributed by atoms with E-state index in [9.17, 15) is 4.79 Å². The van der Waals surface area contributed by atoms with E-state index in [2.05, 4.69) is 19.2 Å². The first-order chi connectivity index (χ1) is 8.46. The number of aromatic carboxylic acids is 1. The van der Waals surface area contributed by atoms with Crippen LogP contribution in [0.25, 0.3) is 0 Å². The minimum absolute atomic E-state index is 0.348. The molecule has 1 aromatic rings. The summed E-state index contributed by atoms with van der Waals surface area (Å²) in [6.07, 6.45) is 3.74. The van der Waals surface area contributed by atoms with Gasteiger partial charge in [0.05, 0.1) is 5.56 Å². The molecule has 0 bridgehead atoms. The Labute approximate surface area is 108 Å². The molecule has 18 heavy (non-hydrogen) atoms. The van der Waals surface area contributed by atoms with E-state index in [1.165, 1.54) is 19.3 Å². The number of hydrogen-bond donors (Lipinski definition) is 2. The summed E-state index contributed by atoms with van der Waals surface area (Å²) in [5.74, 6) is -0.868. The van der Waals surface area contributed by atoms with Crippen molar-refractivity contribution in [1.29, 1.82) is 0 Å². The summed E-state index contributed by atoms with van der Waals surface area (Å²) < 4.78 is 0. The van der Waals surface area contributed by atoms with Crippen molar-refractivity contribution >= 4 is 5.97 Å². The number of nitrogens with one attached hydrogen (secondary N) is 1. The Morgan fingerprint density at radius 2 is 2.06 bits per heavy atom. The average molecular weight is 247 g/mol. The maximum absolute atomic E-state index is 10.7. The Balaban J connectivity index is 1.85. The van der Waals surface area contributed by atoms with Crippen LogP contribution in [0.15, 0.2) is 24.3 Å². The van der Waals surface area contributed by atoms with Crippen LogP contribution in [0.1, 0.15) is 49.0 Å². The van der Waals surface area contributed by atoms with Crippen LogP contribution >= 0.6 is 0 Å². The predicted molar refractivity (Wildman–Crippen MR) is 71.7 cm³/mol. The third-order valence-corrected chi connectivity index (χ3v) is 3.76. The van der Waals surface area contributed by atoms with E-state index < -0.39 is 5.97 Å². The van der Waals surface area contributed by atoms with E-state index in [4.69, 9.17) is 5.11 Å². The van der Waals surface area contributed by atoms with Gasteiger partial charge >= 0.3 is 5.97 Å². The summed E-state index contributed by atoms with van der Waals surface area (Å²) in [5, 5.41) is 12.4. The molecule has 1 unspecified atom stereocenters. The van der Waals surface area contributed by atoms with Crippen molar-refractivity contribution in [3.05, 3.63) is 35.4 Å². The van der Waals surface area contributed by atoms with Crippen LogP contribution in [0, 0.1) is 5.41 Å². The maximum Gasteiger partial charge on any atom is 0.335 e. The average Bonchev–Trinajstić information content (AvgIpc) is 2.67. The molecule has 2 N–H and O–H groups in total. The lowest BCUT2D eigenvalue weighted by molar-refractivity contribution is 0.0697. The van der Waals surface area contributed by atoms with Crippen LogP contribution in [0.5, 0.6) is 0 Å². The van der Waals surface area contributed by atoms with Gasteiger partial charge in [0.2, 0.25) is 0 Å². The van der Waals surface area contributed by atoms with Gasteiger partial charge in [-0.2, -0.15) is 0 Å². The molecule has 0 amide bonds. The Morgan fingerprint density at radius 1 is 1.39 bits per heavy atom. The summed E-state index contributed by atoms with van der Waals surface area (Å²) in [6, 6.07) is 7.70. The van der Waals surface area contributed by atoms with Gasteiger partial charge in [-0.05, 0) is 42.4 Å². The molecule has 0 aliphatic heterocycles. The minimum Gasteiger partial charge on any atom is -0.478 e. The highest BCUT2D eigenvalue weighted by Crippen LogP contribution is 2.36. The van der Waals surface area contributed by atoms with Gasteiger partial charge in [-0.15, -0.1) is 0 Å². The molecule has 1 fully saturated rings. The Kier molecular flexibility index (Phi) is 3.71. The second-order valence-corrected chi connectivity index (χ2v) is 5.99. The molecule has 0 spiro atoms. The van der Waals surface area contributed by atoms with Crippen LogP contribution < -0.4 is 5.32 Å². The number of carbonyl (C=O) groups is 1. The highest BCUT2D eigenvalue weighted by Gasteiger charge is 2.30. The van der Waals surface area contributed by atoms with Gasteiger partial charge in [0.1, 0.15) is 0 Å². The van der Waals surface area contributed by atoms with E-state index in [0.717, 1.165) is 12.1 Å². The third kappa shape index (κ3) is 3.33. The van der Waals surface area contributed by atoms with E-state index in [1.807, 2.05) is 12.1 Å². The van der Waals surface area contributed by atoms with Crippen molar-refractivity contribution in [3.8, 4) is 0 Å². The third-order valence-electron chi connectivity index (χ3n) is 3.76. The first kappa shape index (κ1) is 13.1. The molecule has 2 rings (SSSR count). The fourth-order valence-electron chi connectivity index (χ4n) is 2.64. The van der Waals surface area contributed by atoms with Gasteiger partial charge in [0, 0.05) is 12.6 Å². The summed E-state index contributed by atoms with van der Waals surface area (Å²) in [5.41, 5.74) is 1.95. The van der Waals surface area contributed by atoms with Crippen LogP contribution in [-0.4, -0.2) is 17.1 Å². The molecular weight excluding hydrogens is 226 g/mol. The second kappa shape index (κ2) is 5.11. The van der Waals surface area contributed by atoms with Crippen LogP contribution in [0.2, 0.25) is 0 Å². The quantitative estimate of drug-likeness (QED) is 0.859. The SMILES string of the molecule is CC1(C)CCC(NCc2ccc(C(=O)O)cc2)C1. The van der Waals surface area contributed by atoms with Crippen molar-refractivity contribution in [2.24, 2.45) is 5.41 Å². The lowest BCUT2D eigenvalue weighted by atomic mass is 9.92. The first-order valence-corrected chi connectivity index (χ1v) is 6.52. The summed E-state index contributed by atoms with van der Waals surface area (Å²) >= 11 is 0. The molecule has 0 heterocycles. The van der Waals surface area contributed by atoms with Crippen molar-refractivity contribution in [3.63, 3.8) is 0 Å². The minimum atomic E-state index is -0.868. The standard InChI is InChI=1S/C15H21NO2/c1-15(2)8-7-13(9-15)16-10-11-3-5-12(6-4-11)14(17)18/h3-6,13,16H,7-10H2,1-2H3,(H,17,18). The fourth-order valence-corrected chi connectivity index (χ4v) is 2.64. The molecule has 1 saturated carbocycles. The zero-order chi connectivity index (χ0) is 13.2. The summed E-state index contributed by atoms with van der Waals surface area (Å²) in [6.45, 7) is 5.45. The summed E-state index contributed by atoms with van der Waals surface area (Å²) in [7, 11) is 0. The fraction of sp³-hybridized carbons (Fsp3) is 0.533. The van der Waals surface area contributed by atoms with E-state index in [-0.39, 0.29) is 0 Å². The summed E-state index contributed by atoms with van der Waals surface area (Å²) in [4.78, 5) is 10.7. The van der Waals surface area contributed by atoms with Gasteiger partial charge in [-0.3, -0.25) is 0 Å². The molecule has 1 aromatic carbocycles. The van der Waals surface area contributed by atoms with Crippen LogP contribution in [-0.2, 0) is 6.54 Å². The van der Waals surface area contributed by atoms with Gasteiger partial charge < -0.3 is 10.4 Å². The van der Waals surface area contributed by atoms with E-state index >= 15 is 0 Å². The first-order valence-electron chi connectivity index (χ1n) is 6.52. The van der Waals surface area contributed by atoms with Crippen molar-refractivity contribution in [2.45, 2.75) is 45.7 Å². The van der Waals surface area contributed by atoms with Crippen LogP contribution in [0.3, 0.4) is 0 Å². The number of hydrogen-bond acceptors (Lipinski definition) is 2. The number of carboxylic acids is 1. The van der Waals surface area contributed by atoms with Crippen molar-refractivity contribution < 1.29 is 9.90 Å². The Bertz CT molecular complexity index is 423. The van der Waals surface area contributed by atoms with E-state index in [0.29, 0.717) is 17.0 Å². The van der Waals surface area contributed by atoms with E-state index in [1.54, 1.807) is 12.1 Å². The maximum atomic E-state index is 10.7. The zero-order valence-corrected chi connectivity index (χ0v) is 11.1. The molecule has 3 nitrogen and oxygen atoms in total. The smallest absolute Gasteiger partial charge is 0.335 e. The second-order valence-electron chi connectivity index (χ2n) is 5.99. The zero-order valence-electron chi connectivity index (χ0n) is 11.1. The van der Waals surface area contributed by atoms with Gasteiger partial charge in [0.25, 0.3) is 0 Å². The molecule has 0 radical (unpaired) electrons. The van der Waals surface area contributed by atoms with Crippen molar-refractivity contribution in [1.82, 2.24) is 5.32 Å². The molecule has 1 aliphatic carbocycles. The number of carboxylic acid groups (broad SMARTS) is 1. The molecule has 1 aliphatic rings. The topological polar surface area (TPSA) is 49.3 Å². The Hall–Kier alpha value is -1.35. The predicted octanol–water partition coefficient (Wildman–Crippen LogP) is 3.05. The molecule has 3 heteroatoms. The number of rotatable bonds is 4. The number of benzene rings is 1. The normalized spacial score (nSPS) is 22.0. The highest BCUT2D eigenvalue weighted by atomic mass is 16.4. The van der Waals surface area contributed by atoms with Gasteiger partial charge in [0.15, 0.2) is 0 Å². The molecule has 1 atom stereocenters. The monoisotopic (exact) mass is 247 g/mol. The lowest BCUT2D eigenvalue weighted by Gasteiger charge is -2.18. The largest absolute Gasteiger partial charge is 0.478 e. The molecule has 98 valence electrons. The van der Waals surface area contributed by atoms with Gasteiger partial charge in [-0.1, -0.05) is 26.0 Å². The molecule has 0 saturated heterocycles. The molecule has 0 aromatic heterocycles. The molecular formula is C15H21NO2.